The van der Waals surface area contributed by atoms with Crippen LogP contribution in [0.25, 0.3) is 10.8 Å². The van der Waals surface area contributed by atoms with Crippen molar-refractivity contribution in [3.8, 4) is 0 Å². The Labute approximate surface area is 186 Å². The van der Waals surface area contributed by atoms with E-state index in [2.05, 4.69) is 31.3 Å². The highest BCUT2D eigenvalue weighted by Gasteiger charge is 2.16. The van der Waals surface area contributed by atoms with Crippen LogP contribution in [0.4, 0.5) is 11.4 Å². The highest BCUT2D eigenvalue weighted by molar-refractivity contribution is 9.10. The molecular weight excluding hydrogens is 460 g/mol. The molecule has 0 saturated heterocycles. The van der Waals surface area contributed by atoms with Crippen LogP contribution in [0, 0.1) is 0 Å². The van der Waals surface area contributed by atoms with E-state index < -0.39 is 5.97 Å². The van der Waals surface area contributed by atoms with Crippen molar-refractivity contribution in [1.29, 1.82) is 0 Å². The molecule has 4 rings (SSSR count). The third kappa shape index (κ3) is 4.64. The van der Waals surface area contributed by atoms with Crippen LogP contribution in [-0.4, -0.2) is 20.7 Å². The van der Waals surface area contributed by atoms with Crippen molar-refractivity contribution in [2.24, 2.45) is 0 Å². The third-order valence-electron chi connectivity index (χ3n) is 4.70. The zero-order chi connectivity index (χ0) is 21.8. The normalized spacial score (nSPS) is 10.8. The molecule has 0 aliphatic rings. The van der Waals surface area contributed by atoms with E-state index in [0.717, 1.165) is 20.8 Å². The molecule has 0 saturated carbocycles. The lowest BCUT2D eigenvalue weighted by Crippen LogP contribution is -2.27. The summed E-state index contributed by atoms with van der Waals surface area (Å²) in [5.41, 5.74) is 1.46. The maximum Gasteiger partial charge on any atom is 0.359 e. The van der Waals surface area contributed by atoms with E-state index in [-0.39, 0.29) is 23.5 Å². The molecule has 4 aromatic rings. The van der Waals surface area contributed by atoms with Crippen molar-refractivity contribution in [2.75, 3.05) is 5.32 Å². The molecular formula is C23H19BrN4O3. The molecule has 1 N–H and O–H groups in total. The highest BCUT2D eigenvalue weighted by atomic mass is 79.9. The van der Waals surface area contributed by atoms with E-state index in [1.807, 2.05) is 48.5 Å². The minimum absolute atomic E-state index is 0.0502. The first-order valence-corrected chi connectivity index (χ1v) is 10.5. The average molecular weight is 479 g/mol. The Morgan fingerprint density at radius 2 is 1.87 bits per heavy atom. The number of carbonyl (C=O) groups is 1. The number of ether oxygens (including phenoxy) is 1. The van der Waals surface area contributed by atoms with Crippen LogP contribution in [0.2, 0.25) is 0 Å². The van der Waals surface area contributed by atoms with Crippen LogP contribution in [0.3, 0.4) is 0 Å². The molecule has 0 fully saturated rings. The molecule has 31 heavy (non-hydrogen) atoms. The number of benzene rings is 2. The van der Waals surface area contributed by atoms with Gasteiger partial charge in [0.05, 0.1) is 11.9 Å². The van der Waals surface area contributed by atoms with E-state index in [4.69, 9.17) is 4.74 Å². The van der Waals surface area contributed by atoms with Crippen LogP contribution in [0.15, 0.2) is 76.3 Å². The van der Waals surface area contributed by atoms with Crippen molar-refractivity contribution in [3.63, 3.8) is 0 Å². The van der Waals surface area contributed by atoms with Crippen molar-refractivity contribution in [1.82, 2.24) is 14.8 Å². The van der Waals surface area contributed by atoms with Crippen LogP contribution in [0.5, 0.6) is 0 Å². The predicted molar refractivity (Wildman–Crippen MR) is 122 cm³/mol. The number of hydrogen-bond donors (Lipinski definition) is 1. The Kier molecular flexibility index (Phi) is 6.08. The second-order valence-corrected chi connectivity index (χ2v) is 7.72. The summed E-state index contributed by atoms with van der Waals surface area (Å²) in [5, 5.41) is 9.11. The van der Waals surface area contributed by atoms with Gasteiger partial charge in [0.15, 0.2) is 5.69 Å². The first kappa shape index (κ1) is 20.7. The molecule has 0 aliphatic carbocycles. The number of hydrogen-bond acceptors (Lipinski definition) is 6. The number of nitrogens with one attached hydrogen (secondary N) is 1. The summed E-state index contributed by atoms with van der Waals surface area (Å²) in [6.45, 7) is 2.21. The van der Waals surface area contributed by atoms with Crippen LogP contribution in [-0.2, 0) is 17.9 Å². The molecule has 0 spiro atoms. The fourth-order valence-electron chi connectivity index (χ4n) is 3.11. The van der Waals surface area contributed by atoms with Gasteiger partial charge in [0, 0.05) is 34.1 Å². The van der Waals surface area contributed by atoms with Crippen molar-refractivity contribution < 1.29 is 9.53 Å². The zero-order valence-electron chi connectivity index (χ0n) is 16.7. The lowest BCUT2D eigenvalue weighted by molar-refractivity contribution is 0.0462. The zero-order valence-corrected chi connectivity index (χ0v) is 18.3. The monoisotopic (exact) mass is 478 g/mol. The number of pyridine rings is 1. The number of fused-ring (bicyclic) bond motifs is 1. The number of aromatic nitrogens is 3. The second-order valence-electron chi connectivity index (χ2n) is 6.80. The number of carbonyl (C=O) groups excluding carboxylic acids is 1. The third-order valence-corrected chi connectivity index (χ3v) is 5.23. The van der Waals surface area contributed by atoms with Crippen molar-refractivity contribution in [3.05, 3.63) is 93.1 Å². The molecule has 7 nitrogen and oxygen atoms in total. The second kappa shape index (κ2) is 9.09. The van der Waals surface area contributed by atoms with E-state index in [1.54, 1.807) is 19.3 Å². The molecule has 0 unspecified atom stereocenters. The molecule has 0 aliphatic heterocycles. The minimum Gasteiger partial charge on any atom is -0.456 e. The first-order chi connectivity index (χ1) is 15.0. The number of rotatable bonds is 6. The Morgan fingerprint density at radius 1 is 1.10 bits per heavy atom. The Hall–Kier alpha value is -3.52. The fourth-order valence-corrected chi connectivity index (χ4v) is 3.37. The topological polar surface area (TPSA) is 86.1 Å². The first-order valence-electron chi connectivity index (χ1n) is 9.68. The molecule has 2 heterocycles. The maximum absolute atomic E-state index is 12.8. The van der Waals surface area contributed by atoms with E-state index >= 15 is 0 Å². The van der Waals surface area contributed by atoms with Crippen LogP contribution >= 0.6 is 15.9 Å². The van der Waals surface area contributed by atoms with Crippen LogP contribution < -0.4 is 10.9 Å². The lowest BCUT2D eigenvalue weighted by Gasteiger charge is -2.12. The summed E-state index contributed by atoms with van der Waals surface area (Å²) < 4.78 is 7.57. The fraction of sp³-hybridized carbons (Fsp3) is 0.130. The number of nitrogens with zero attached hydrogens (tertiary/aromatic N) is 3. The van der Waals surface area contributed by atoms with Gasteiger partial charge in [-0.05, 0) is 24.6 Å². The van der Waals surface area contributed by atoms with Crippen molar-refractivity contribution in [2.45, 2.75) is 20.1 Å². The molecule has 0 bridgehead atoms. The van der Waals surface area contributed by atoms with Gasteiger partial charge in [-0.3, -0.25) is 9.78 Å². The molecule has 0 radical (unpaired) electrons. The number of anilines is 2. The summed E-state index contributed by atoms with van der Waals surface area (Å²) in [4.78, 5) is 29.6. The molecule has 8 heteroatoms. The van der Waals surface area contributed by atoms with Gasteiger partial charge in [0.2, 0.25) is 0 Å². The number of halogens is 1. The molecule has 156 valence electrons. The van der Waals surface area contributed by atoms with Gasteiger partial charge >= 0.3 is 5.97 Å². The summed E-state index contributed by atoms with van der Waals surface area (Å²) in [6.07, 6.45) is 3.40. The van der Waals surface area contributed by atoms with Gasteiger partial charge in [0.25, 0.3) is 5.56 Å². The molecule has 2 aromatic heterocycles. The van der Waals surface area contributed by atoms with Crippen molar-refractivity contribution >= 4 is 44.0 Å². The number of esters is 1. The van der Waals surface area contributed by atoms with Gasteiger partial charge in [-0.15, -0.1) is 0 Å². The summed E-state index contributed by atoms with van der Waals surface area (Å²) in [5.74, 6) is -0.607. The largest absolute Gasteiger partial charge is 0.456 e. The molecule has 0 amide bonds. The maximum atomic E-state index is 12.8. The predicted octanol–water partition coefficient (Wildman–Crippen LogP) is 4.67. The molecule has 0 atom stereocenters. The van der Waals surface area contributed by atoms with E-state index in [1.165, 1.54) is 10.7 Å². The Morgan fingerprint density at radius 3 is 2.65 bits per heavy atom. The lowest BCUT2D eigenvalue weighted by atomic mass is 10.1. The van der Waals surface area contributed by atoms with E-state index in [0.29, 0.717) is 12.2 Å². The summed E-state index contributed by atoms with van der Waals surface area (Å²) in [6, 6.07) is 16.6. The summed E-state index contributed by atoms with van der Waals surface area (Å²) in [7, 11) is 0. The Balaban J connectivity index is 1.62. The van der Waals surface area contributed by atoms with Gasteiger partial charge in [-0.1, -0.05) is 52.3 Å². The van der Waals surface area contributed by atoms with Gasteiger partial charge in [0.1, 0.15) is 12.3 Å². The minimum atomic E-state index is -0.607. The number of aryl methyl sites for hydroxylation is 1. The smallest absolute Gasteiger partial charge is 0.359 e. The standard InChI is InChI=1S/C23H19BrN4O3/c1-2-28-22(29)19(26-21-13-25-12-16-5-3-4-6-18(16)21)11-20(27-28)23(30)31-14-15-7-9-17(24)10-8-15/h3-13,26H,2,14H2,1H3. The average Bonchev–Trinajstić information content (AvgIpc) is 2.80. The highest BCUT2D eigenvalue weighted by Crippen LogP contribution is 2.24. The quantitative estimate of drug-likeness (QED) is 0.405. The van der Waals surface area contributed by atoms with Gasteiger partial charge in [-0.25, -0.2) is 9.48 Å². The van der Waals surface area contributed by atoms with Gasteiger partial charge < -0.3 is 10.1 Å². The Bertz CT molecular complexity index is 1300. The summed E-state index contributed by atoms with van der Waals surface area (Å²) >= 11 is 3.37. The molecule has 2 aromatic carbocycles. The SMILES string of the molecule is CCn1nc(C(=O)OCc2ccc(Br)cc2)cc(Nc2cncc3ccccc23)c1=O. The van der Waals surface area contributed by atoms with Crippen LogP contribution in [0.1, 0.15) is 23.0 Å². The van der Waals surface area contributed by atoms with Gasteiger partial charge in [-0.2, -0.15) is 5.10 Å². The van der Waals surface area contributed by atoms with E-state index in [9.17, 15) is 9.59 Å².